The van der Waals surface area contributed by atoms with Gasteiger partial charge >= 0.3 is 0 Å². The van der Waals surface area contributed by atoms with Gasteiger partial charge in [-0.25, -0.2) is 0 Å². The van der Waals surface area contributed by atoms with Gasteiger partial charge in [0, 0.05) is 16.4 Å². The Hall–Kier alpha value is -2.21. The fraction of sp³-hybridized carbons (Fsp3) is 0.500. The molecule has 0 unspecified atom stereocenters. The van der Waals surface area contributed by atoms with Crippen LogP contribution in [0.3, 0.4) is 0 Å². The number of para-hydroxylation sites is 1. The van der Waals surface area contributed by atoms with Crippen LogP contribution in [0.5, 0.6) is 0 Å². The Labute approximate surface area is 166 Å². The van der Waals surface area contributed by atoms with Gasteiger partial charge in [-0.2, -0.15) is 9.61 Å². The molecule has 4 fully saturated rings. The number of fused-ring (bicyclic) bond motifs is 2. The number of benzene rings is 1. The van der Waals surface area contributed by atoms with Crippen molar-refractivity contribution in [3.8, 4) is 11.6 Å². The second-order valence-corrected chi connectivity index (χ2v) is 10.3. The SMILES string of the molecule is Cc1c(-c2nnc3sc(C45CC6CC(CC(C6)C4)C5)nn23)oc2ccccc12. The highest BCUT2D eigenvalue weighted by Crippen LogP contribution is 2.61. The van der Waals surface area contributed by atoms with E-state index >= 15 is 0 Å². The second-order valence-electron chi connectivity index (χ2n) is 9.38. The van der Waals surface area contributed by atoms with E-state index in [0.29, 0.717) is 5.41 Å². The summed E-state index contributed by atoms with van der Waals surface area (Å²) in [7, 11) is 0. The summed E-state index contributed by atoms with van der Waals surface area (Å²) in [6.07, 6.45) is 8.32. The van der Waals surface area contributed by atoms with Crippen molar-refractivity contribution < 1.29 is 4.42 Å². The van der Waals surface area contributed by atoms with Gasteiger partial charge in [0.1, 0.15) is 10.6 Å². The Morgan fingerprint density at radius 1 is 1.04 bits per heavy atom. The molecule has 0 atom stereocenters. The minimum atomic E-state index is 0.292. The quantitative estimate of drug-likeness (QED) is 0.461. The molecular formula is C22H22N4OS. The highest BCUT2D eigenvalue weighted by Gasteiger charge is 2.53. The minimum absolute atomic E-state index is 0.292. The number of nitrogens with zero attached hydrogens (tertiary/aromatic N) is 4. The van der Waals surface area contributed by atoms with E-state index in [1.165, 1.54) is 43.5 Å². The molecule has 3 heterocycles. The van der Waals surface area contributed by atoms with E-state index in [1.54, 1.807) is 11.3 Å². The summed E-state index contributed by atoms with van der Waals surface area (Å²) in [5.74, 6) is 4.26. The first-order valence-electron chi connectivity index (χ1n) is 10.4. The van der Waals surface area contributed by atoms with E-state index in [4.69, 9.17) is 9.52 Å². The van der Waals surface area contributed by atoms with Crippen LogP contribution in [0.1, 0.15) is 49.1 Å². The molecule has 4 aliphatic rings. The first kappa shape index (κ1) is 15.7. The maximum absolute atomic E-state index is 6.15. The summed E-state index contributed by atoms with van der Waals surface area (Å²) in [6, 6.07) is 8.15. The highest BCUT2D eigenvalue weighted by atomic mass is 32.1. The van der Waals surface area contributed by atoms with Gasteiger partial charge in [0.2, 0.25) is 10.8 Å². The van der Waals surface area contributed by atoms with Crippen molar-refractivity contribution in [2.24, 2.45) is 17.8 Å². The van der Waals surface area contributed by atoms with Crippen LogP contribution in [0.15, 0.2) is 28.7 Å². The van der Waals surface area contributed by atoms with Crippen LogP contribution < -0.4 is 0 Å². The fourth-order valence-corrected chi connectivity index (χ4v) is 7.79. The van der Waals surface area contributed by atoms with Gasteiger partial charge in [-0.1, -0.05) is 29.5 Å². The van der Waals surface area contributed by atoms with E-state index in [-0.39, 0.29) is 0 Å². The van der Waals surface area contributed by atoms with Crippen LogP contribution in [0.25, 0.3) is 27.5 Å². The molecule has 4 saturated carbocycles. The number of furan rings is 1. The van der Waals surface area contributed by atoms with Crippen LogP contribution in [-0.4, -0.2) is 19.8 Å². The Morgan fingerprint density at radius 2 is 1.75 bits per heavy atom. The normalized spacial score (nSPS) is 31.4. The van der Waals surface area contributed by atoms with E-state index in [0.717, 1.165) is 50.8 Å². The highest BCUT2D eigenvalue weighted by molar-refractivity contribution is 7.16. The molecule has 0 spiro atoms. The molecule has 0 radical (unpaired) electrons. The third-order valence-corrected chi connectivity index (χ3v) is 8.67. The molecule has 4 bridgehead atoms. The second kappa shape index (κ2) is 5.23. The van der Waals surface area contributed by atoms with Crippen molar-refractivity contribution >= 4 is 27.3 Å². The lowest BCUT2D eigenvalue weighted by Gasteiger charge is -2.55. The zero-order valence-corrected chi connectivity index (χ0v) is 16.7. The maximum Gasteiger partial charge on any atom is 0.235 e. The number of aryl methyl sites for hydroxylation is 1. The van der Waals surface area contributed by atoms with Crippen molar-refractivity contribution in [1.82, 2.24) is 19.8 Å². The Bertz CT molecular complexity index is 1200. The van der Waals surface area contributed by atoms with Gasteiger partial charge in [0.05, 0.1) is 0 Å². The van der Waals surface area contributed by atoms with E-state index in [1.807, 2.05) is 22.7 Å². The lowest BCUT2D eigenvalue weighted by Crippen LogP contribution is -2.48. The zero-order valence-electron chi connectivity index (χ0n) is 15.9. The van der Waals surface area contributed by atoms with Crippen molar-refractivity contribution in [2.45, 2.75) is 50.9 Å². The monoisotopic (exact) mass is 390 g/mol. The smallest absolute Gasteiger partial charge is 0.235 e. The number of rotatable bonds is 2. The van der Waals surface area contributed by atoms with Crippen LogP contribution >= 0.6 is 11.3 Å². The topological polar surface area (TPSA) is 56.2 Å². The Kier molecular flexibility index (Phi) is 2.93. The molecule has 5 nitrogen and oxygen atoms in total. The number of aromatic nitrogens is 4. The van der Waals surface area contributed by atoms with Crippen molar-refractivity contribution in [3.05, 3.63) is 34.8 Å². The molecule has 0 saturated heterocycles. The molecule has 0 aliphatic heterocycles. The summed E-state index contributed by atoms with van der Waals surface area (Å²) in [4.78, 5) is 0.889. The first-order chi connectivity index (χ1) is 13.7. The molecule has 4 aliphatic carbocycles. The molecule has 142 valence electrons. The molecule has 1 aromatic carbocycles. The lowest BCUT2D eigenvalue weighted by molar-refractivity contribution is -0.00565. The van der Waals surface area contributed by atoms with Crippen molar-refractivity contribution in [2.75, 3.05) is 0 Å². The van der Waals surface area contributed by atoms with Gasteiger partial charge in [0.25, 0.3) is 0 Å². The fourth-order valence-electron chi connectivity index (χ4n) is 6.73. The molecule has 3 aromatic heterocycles. The van der Waals surface area contributed by atoms with Crippen LogP contribution in [0, 0.1) is 24.7 Å². The van der Waals surface area contributed by atoms with Crippen LogP contribution in [0.2, 0.25) is 0 Å². The third-order valence-electron chi connectivity index (χ3n) is 7.53. The lowest BCUT2D eigenvalue weighted by atomic mass is 9.50. The average Bonchev–Trinajstić information content (AvgIpc) is 3.34. The maximum atomic E-state index is 6.15. The number of hydrogen-bond donors (Lipinski definition) is 0. The summed E-state index contributed by atoms with van der Waals surface area (Å²) < 4.78 is 8.08. The van der Waals surface area contributed by atoms with Gasteiger partial charge in [-0.3, -0.25) is 0 Å². The van der Waals surface area contributed by atoms with Gasteiger partial charge in [-0.05, 0) is 69.3 Å². The van der Waals surface area contributed by atoms with Gasteiger partial charge in [-0.15, -0.1) is 10.2 Å². The Morgan fingerprint density at radius 3 is 2.46 bits per heavy atom. The third kappa shape index (κ3) is 1.99. The largest absolute Gasteiger partial charge is 0.452 e. The summed E-state index contributed by atoms with van der Waals surface area (Å²) >= 11 is 1.75. The molecule has 8 rings (SSSR count). The summed E-state index contributed by atoms with van der Waals surface area (Å²) in [6.45, 7) is 2.09. The first-order valence-corrected chi connectivity index (χ1v) is 11.2. The molecule has 0 amide bonds. The molecule has 28 heavy (non-hydrogen) atoms. The molecule has 4 aromatic rings. The Balaban J connectivity index is 1.37. The predicted molar refractivity (Wildman–Crippen MR) is 108 cm³/mol. The predicted octanol–water partition coefficient (Wildman–Crippen LogP) is 5.38. The summed E-state index contributed by atoms with van der Waals surface area (Å²) in [5, 5.41) is 16.4. The average molecular weight is 391 g/mol. The molecule has 0 N–H and O–H groups in total. The zero-order chi connectivity index (χ0) is 18.5. The van der Waals surface area contributed by atoms with Crippen LogP contribution in [0.4, 0.5) is 0 Å². The van der Waals surface area contributed by atoms with E-state index in [9.17, 15) is 0 Å². The summed E-state index contributed by atoms with van der Waals surface area (Å²) in [5.41, 5.74) is 2.29. The van der Waals surface area contributed by atoms with E-state index in [2.05, 4.69) is 23.2 Å². The van der Waals surface area contributed by atoms with Crippen molar-refractivity contribution in [1.29, 1.82) is 0 Å². The van der Waals surface area contributed by atoms with Gasteiger partial charge in [0.15, 0.2) is 5.76 Å². The standard InChI is InChI=1S/C22H22N4OS/c1-12-16-4-2-3-5-17(16)27-18(12)19-23-24-21-26(19)25-20(28-21)22-9-13-6-14(10-22)8-15(7-13)11-22/h2-5,13-15H,6-11H2,1H3. The number of hydrogen-bond acceptors (Lipinski definition) is 5. The van der Waals surface area contributed by atoms with Gasteiger partial charge < -0.3 is 4.42 Å². The molecular weight excluding hydrogens is 368 g/mol. The van der Waals surface area contributed by atoms with Crippen molar-refractivity contribution in [3.63, 3.8) is 0 Å². The molecule has 6 heteroatoms. The van der Waals surface area contributed by atoms with E-state index < -0.39 is 0 Å². The minimum Gasteiger partial charge on any atom is -0.452 e. The van der Waals surface area contributed by atoms with Crippen LogP contribution in [-0.2, 0) is 5.41 Å².